The van der Waals surface area contributed by atoms with Crippen LogP contribution in [0.5, 0.6) is 0 Å². The van der Waals surface area contributed by atoms with E-state index in [-0.39, 0.29) is 17.1 Å². The summed E-state index contributed by atoms with van der Waals surface area (Å²) in [5.41, 5.74) is 3.34. The fraction of sp³-hybridized carbons (Fsp3) is 0. The summed E-state index contributed by atoms with van der Waals surface area (Å²) in [6.07, 6.45) is 1.76. The zero-order valence-electron chi connectivity index (χ0n) is 20.3. The van der Waals surface area contributed by atoms with Crippen LogP contribution in [-0.4, -0.2) is 11.6 Å². The van der Waals surface area contributed by atoms with Gasteiger partial charge in [-0.15, -0.1) is 11.3 Å². The highest BCUT2D eigenvalue weighted by atomic mass is 32.1. The first-order valence-corrected chi connectivity index (χ1v) is 13.3. The van der Waals surface area contributed by atoms with Crippen molar-refractivity contribution >= 4 is 66.9 Å². The van der Waals surface area contributed by atoms with Gasteiger partial charge in [0.1, 0.15) is 5.00 Å². The van der Waals surface area contributed by atoms with Crippen molar-refractivity contribution in [2.24, 2.45) is 0 Å². The summed E-state index contributed by atoms with van der Waals surface area (Å²) in [4.78, 5) is 30.6. The summed E-state index contributed by atoms with van der Waals surface area (Å²) in [6, 6.07) is 40.1. The molecular formula is C34H21NO2S. The fourth-order valence-corrected chi connectivity index (χ4v) is 6.35. The zero-order valence-corrected chi connectivity index (χ0v) is 21.1. The molecule has 0 N–H and O–H groups in total. The van der Waals surface area contributed by atoms with Gasteiger partial charge in [-0.3, -0.25) is 9.59 Å². The van der Waals surface area contributed by atoms with Crippen molar-refractivity contribution in [1.82, 2.24) is 0 Å². The molecule has 0 unspecified atom stereocenters. The van der Waals surface area contributed by atoms with Crippen molar-refractivity contribution in [3.8, 4) is 0 Å². The van der Waals surface area contributed by atoms with E-state index >= 15 is 0 Å². The van der Waals surface area contributed by atoms with Crippen molar-refractivity contribution < 1.29 is 9.59 Å². The number of anilines is 3. The second-order valence-corrected chi connectivity index (χ2v) is 10.3. The van der Waals surface area contributed by atoms with Crippen LogP contribution in [0, 0.1) is 0 Å². The number of allylic oxidation sites excluding steroid dienone is 1. The molecule has 0 saturated heterocycles. The fourth-order valence-electron chi connectivity index (χ4n) is 5.36. The molecule has 3 nitrogen and oxygen atoms in total. The van der Waals surface area contributed by atoms with Crippen LogP contribution in [0.1, 0.15) is 25.6 Å². The van der Waals surface area contributed by atoms with Crippen LogP contribution in [0.3, 0.4) is 0 Å². The molecule has 0 spiro atoms. The van der Waals surface area contributed by atoms with Crippen LogP contribution in [0.2, 0.25) is 0 Å². The van der Waals surface area contributed by atoms with E-state index in [4.69, 9.17) is 0 Å². The SMILES string of the molecule is O=C1C(=Cc2ccc(N(c3ccccc3)c3ccccc3)s2)C(=O)c2c1c1ccccc1c1ccccc21. The number of nitrogens with zero attached hydrogens (tertiary/aromatic N) is 1. The van der Waals surface area contributed by atoms with Gasteiger partial charge in [-0.25, -0.2) is 0 Å². The van der Waals surface area contributed by atoms with Crippen molar-refractivity contribution in [3.05, 3.63) is 143 Å². The lowest BCUT2D eigenvalue weighted by atomic mass is 9.93. The minimum atomic E-state index is -0.204. The Kier molecular flexibility index (Phi) is 5.27. The largest absolute Gasteiger partial charge is 0.302 e. The molecule has 0 saturated carbocycles. The average Bonchev–Trinajstić information content (AvgIpc) is 3.53. The number of ketones is 2. The molecule has 7 rings (SSSR count). The zero-order chi connectivity index (χ0) is 25.6. The summed E-state index contributed by atoms with van der Waals surface area (Å²) in [5, 5.41) is 4.64. The molecule has 0 radical (unpaired) electrons. The number of hydrogen-bond donors (Lipinski definition) is 0. The molecule has 0 fully saturated rings. The smallest absolute Gasteiger partial charge is 0.198 e. The average molecular weight is 508 g/mol. The van der Waals surface area contributed by atoms with Gasteiger partial charge < -0.3 is 4.90 Å². The predicted octanol–water partition coefficient (Wildman–Crippen LogP) is 8.99. The Morgan fingerprint density at radius 3 is 1.45 bits per heavy atom. The van der Waals surface area contributed by atoms with Gasteiger partial charge >= 0.3 is 0 Å². The Morgan fingerprint density at radius 2 is 0.947 bits per heavy atom. The number of carbonyl (C=O) groups is 2. The third-order valence-electron chi connectivity index (χ3n) is 7.02. The van der Waals surface area contributed by atoms with E-state index in [9.17, 15) is 9.59 Å². The summed E-state index contributed by atoms with van der Waals surface area (Å²) in [7, 11) is 0. The third-order valence-corrected chi connectivity index (χ3v) is 8.04. The number of fused-ring (bicyclic) bond motifs is 6. The maximum absolute atomic E-state index is 13.8. The standard InChI is InChI=1S/C34H21NO2S/c36-33-29(34(37)32-28-18-10-8-16-26(28)25-15-7-9-17-27(25)31(32)33)21-24-19-20-30(38-24)35(22-11-3-1-4-12-22)23-13-5-2-6-14-23/h1-21H. The molecule has 1 heterocycles. The van der Waals surface area contributed by atoms with Gasteiger partial charge in [-0.05, 0) is 64.0 Å². The van der Waals surface area contributed by atoms with E-state index in [1.54, 1.807) is 17.4 Å². The monoisotopic (exact) mass is 507 g/mol. The van der Waals surface area contributed by atoms with E-state index in [0.717, 1.165) is 42.8 Å². The summed E-state index contributed by atoms with van der Waals surface area (Å²) in [5.74, 6) is -0.408. The van der Waals surface area contributed by atoms with Gasteiger partial charge in [-0.2, -0.15) is 0 Å². The highest BCUT2D eigenvalue weighted by Crippen LogP contribution is 2.42. The number of hydrogen-bond acceptors (Lipinski definition) is 4. The van der Waals surface area contributed by atoms with E-state index in [0.29, 0.717) is 11.1 Å². The topological polar surface area (TPSA) is 37.4 Å². The molecule has 1 aliphatic carbocycles. The number of carbonyl (C=O) groups excluding carboxylic acids is 2. The lowest BCUT2D eigenvalue weighted by Crippen LogP contribution is -2.07. The molecule has 1 aliphatic rings. The first-order chi connectivity index (χ1) is 18.7. The minimum absolute atomic E-state index is 0.204. The Morgan fingerprint density at radius 1 is 0.500 bits per heavy atom. The summed E-state index contributed by atoms with van der Waals surface area (Å²) >= 11 is 1.55. The van der Waals surface area contributed by atoms with Crippen LogP contribution in [-0.2, 0) is 0 Å². The number of para-hydroxylation sites is 2. The molecule has 0 bridgehead atoms. The lowest BCUT2D eigenvalue weighted by molar-refractivity contribution is 0.0991. The van der Waals surface area contributed by atoms with Gasteiger partial charge in [-0.1, -0.05) is 84.9 Å². The highest BCUT2D eigenvalue weighted by molar-refractivity contribution is 7.17. The maximum Gasteiger partial charge on any atom is 0.198 e. The van der Waals surface area contributed by atoms with Crippen LogP contribution in [0.15, 0.2) is 127 Å². The maximum atomic E-state index is 13.8. The third kappa shape index (κ3) is 3.50. The Labute approximate surface area is 223 Å². The van der Waals surface area contributed by atoms with E-state index < -0.39 is 0 Å². The number of thiophene rings is 1. The Bertz CT molecular complexity index is 1790. The Balaban J connectivity index is 1.35. The molecule has 38 heavy (non-hydrogen) atoms. The highest BCUT2D eigenvalue weighted by Gasteiger charge is 2.36. The van der Waals surface area contributed by atoms with Crippen LogP contribution < -0.4 is 4.90 Å². The molecule has 0 aliphatic heterocycles. The predicted molar refractivity (Wildman–Crippen MR) is 157 cm³/mol. The number of Topliss-reactive ketones (excluding diaryl/α,β-unsaturated/α-hetero) is 2. The second kappa shape index (κ2) is 8.94. The first-order valence-electron chi connectivity index (χ1n) is 12.5. The summed E-state index contributed by atoms with van der Waals surface area (Å²) in [6.45, 7) is 0. The van der Waals surface area contributed by atoms with Crippen LogP contribution in [0.4, 0.5) is 16.4 Å². The van der Waals surface area contributed by atoms with Crippen molar-refractivity contribution in [1.29, 1.82) is 0 Å². The van der Waals surface area contributed by atoms with Gasteiger partial charge in [0.15, 0.2) is 11.6 Å². The minimum Gasteiger partial charge on any atom is -0.302 e. The van der Waals surface area contributed by atoms with Crippen LogP contribution in [0.25, 0.3) is 27.6 Å². The van der Waals surface area contributed by atoms with E-state index in [1.807, 2.05) is 97.1 Å². The summed E-state index contributed by atoms with van der Waals surface area (Å²) < 4.78 is 0. The molecule has 4 heteroatoms. The molecule has 1 aromatic heterocycles. The van der Waals surface area contributed by atoms with E-state index in [1.165, 1.54) is 0 Å². The van der Waals surface area contributed by atoms with E-state index in [2.05, 4.69) is 29.2 Å². The number of benzene rings is 5. The van der Waals surface area contributed by atoms with Crippen molar-refractivity contribution in [2.45, 2.75) is 0 Å². The first kappa shape index (κ1) is 22.4. The normalized spacial score (nSPS) is 12.8. The molecule has 5 aromatic carbocycles. The van der Waals surface area contributed by atoms with Gasteiger partial charge in [0.25, 0.3) is 0 Å². The molecule has 0 amide bonds. The van der Waals surface area contributed by atoms with Gasteiger partial charge in [0, 0.05) is 27.4 Å². The van der Waals surface area contributed by atoms with Crippen molar-refractivity contribution in [2.75, 3.05) is 4.90 Å². The molecular weight excluding hydrogens is 486 g/mol. The quantitative estimate of drug-likeness (QED) is 0.136. The molecule has 0 atom stereocenters. The lowest BCUT2D eigenvalue weighted by Gasteiger charge is -2.23. The Hall–Kier alpha value is -4.80. The van der Waals surface area contributed by atoms with Crippen molar-refractivity contribution in [3.63, 3.8) is 0 Å². The molecule has 6 aromatic rings. The molecule has 180 valence electrons. The van der Waals surface area contributed by atoms with Crippen LogP contribution >= 0.6 is 11.3 Å². The van der Waals surface area contributed by atoms with Gasteiger partial charge in [0.2, 0.25) is 0 Å². The number of rotatable bonds is 4. The van der Waals surface area contributed by atoms with Gasteiger partial charge in [0.05, 0.1) is 5.57 Å². The second-order valence-electron chi connectivity index (χ2n) is 9.24.